The van der Waals surface area contributed by atoms with Crippen LogP contribution in [0.1, 0.15) is 31.0 Å². The van der Waals surface area contributed by atoms with E-state index < -0.39 is 0 Å². The van der Waals surface area contributed by atoms with E-state index in [0.29, 0.717) is 12.3 Å². The van der Waals surface area contributed by atoms with Crippen LogP contribution < -0.4 is 0 Å². The molecule has 1 fully saturated rings. The summed E-state index contributed by atoms with van der Waals surface area (Å²) in [5, 5.41) is 0. The number of aromatic nitrogens is 3. The van der Waals surface area contributed by atoms with E-state index in [1.165, 1.54) is 0 Å². The third-order valence-corrected chi connectivity index (χ3v) is 4.25. The van der Waals surface area contributed by atoms with Gasteiger partial charge in [0.15, 0.2) is 0 Å². The molecular weight excluding hydrogens is 264 g/mol. The van der Waals surface area contributed by atoms with Crippen molar-refractivity contribution in [3.05, 3.63) is 42.7 Å². The van der Waals surface area contributed by atoms with Gasteiger partial charge >= 0.3 is 0 Å². The van der Waals surface area contributed by atoms with E-state index in [9.17, 15) is 4.79 Å². The number of hydrogen-bond acceptors (Lipinski definition) is 2. The fraction of sp³-hybridized carbons (Fsp3) is 0.500. The average Bonchev–Trinajstić information content (AvgIpc) is 3.16. The van der Waals surface area contributed by atoms with Crippen molar-refractivity contribution in [2.45, 2.75) is 31.7 Å². The van der Waals surface area contributed by atoms with Crippen LogP contribution >= 0.6 is 0 Å². The average molecular weight is 286 g/mol. The number of rotatable bonds is 4. The zero-order chi connectivity index (χ0) is 14.7. The van der Waals surface area contributed by atoms with Crippen molar-refractivity contribution in [2.24, 2.45) is 7.05 Å². The van der Waals surface area contributed by atoms with E-state index in [2.05, 4.69) is 14.1 Å². The van der Waals surface area contributed by atoms with Crippen LogP contribution in [0.3, 0.4) is 0 Å². The van der Waals surface area contributed by atoms with E-state index in [1.807, 2.05) is 48.9 Å². The number of hydrogen-bond donors (Lipinski definition) is 0. The van der Waals surface area contributed by atoms with Crippen molar-refractivity contribution in [3.8, 4) is 0 Å². The summed E-state index contributed by atoms with van der Waals surface area (Å²) in [7, 11) is 2.02. The van der Waals surface area contributed by atoms with Gasteiger partial charge in [-0.3, -0.25) is 4.79 Å². The second-order valence-electron chi connectivity index (χ2n) is 5.75. The Morgan fingerprint density at radius 1 is 1.33 bits per heavy atom. The number of piperidine rings is 1. The van der Waals surface area contributed by atoms with E-state index in [0.717, 1.165) is 38.3 Å². The molecule has 0 aromatic carbocycles. The van der Waals surface area contributed by atoms with Gasteiger partial charge in [0.05, 0.1) is 0 Å². The standard InChI is InChI=1S/C16H22N4O/c1-18-12-7-17-16(18)14-5-4-10-20(13-14)15(21)6-11-19-8-2-3-9-19/h2-3,7-9,12,14H,4-6,10-11,13H2,1H3/t14-/m1/s1. The molecule has 0 saturated carbocycles. The van der Waals surface area contributed by atoms with Crippen molar-refractivity contribution >= 4 is 5.91 Å². The van der Waals surface area contributed by atoms with Gasteiger partial charge in [-0.15, -0.1) is 0 Å². The predicted octanol–water partition coefficient (Wildman–Crippen LogP) is 2.02. The Morgan fingerprint density at radius 3 is 2.86 bits per heavy atom. The van der Waals surface area contributed by atoms with Gasteiger partial charge < -0.3 is 14.0 Å². The Labute approximate surface area is 125 Å². The molecule has 21 heavy (non-hydrogen) atoms. The number of carbonyl (C=O) groups excluding carboxylic acids is 1. The Hall–Kier alpha value is -2.04. The van der Waals surface area contributed by atoms with Gasteiger partial charge in [-0.25, -0.2) is 4.98 Å². The highest BCUT2D eigenvalue weighted by Crippen LogP contribution is 2.25. The smallest absolute Gasteiger partial charge is 0.224 e. The first-order valence-electron chi connectivity index (χ1n) is 7.60. The van der Waals surface area contributed by atoms with Crippen LogP contribution in [0.2, 0.25) is 0 Å². The van der Waals surface area contributed by atoms with E-state index in [1.54, 1.807) is 0 Å². The predicted molar refractivity (Wildman–Crippen MR) is 80.8 cm³/mol. The van der Waals surface area contributed by atoms with Crippen LogP contribution in [0.5, 0.6) is 0 Å². The van der Waals surface area contributed by atoms with Gasteiger partial charge in [-0.2, -0.15) is 0 Å². The normalized spacial score (nSPS) is 18.9. The molecule has 0 unspecified atom stereocenters. The maximum Gasteiger partial charge on any atom is 0.224 e. The second kappa shape index (κ2) is 6.16. The topological polar surface area (TPSA) is 43.1 Å². The second-order valence-corrected chi connectivity index (χ2v) is 5.75. The molecule has 3 heterocycles. The minimum atomic E-state index is 0.252. The highest BCUT2D eigenvalue weighted by Gasteiger charge is 2.26. The van der Waals surface area contributed by atoms with Gasteiger partial charge in [-0.1, -0.05) is 0 Å². The van der Waals surface area contributed by atoms with Gasteiger partial charge in [0.2, 0.25) is 5.91 Å². The minimum Gasteiger partial charge on any atom is -0.354 e. The van der Waals surface area contributed by atoms with Crippen LogP contribution in [-0.4, -0.2) is 38.0 Å². The van der Waals surface area contributed by atoms with Crippen molar-refractivity contribution in [1.29, 1.82) is 0 Å². The van der Waals surface area contributed by atoms with Crippen LogP contribution in [0.25, 0.3) is 0 Å². The fourth-order valence-corrected chi connectivity index (χ4v) is 3.09. The lowest BCUT2D eigenvalue weighted by Crippen LogP contribution is -2.40. The molecule has 5 heteroatoms. The SMILES string of the molecule is Cn1ccnc1[C@@H]1CCCN(C(=O)CCn2cccc2)C1. The van der Waals surface area contributed by atoms with Crippen molar-refractivity contribution in [3.63, 3.8) is 0 Å². The lowest BCUT2D eigenvalue weighted by Gasteiger charge is -2.32. The van der Waals surface area contributed by atoms with Gasteiger partial charge in [0, 0.05) is 63.8 Å². The van der Waals surface area contributed by atoms with E-state index in [4.69, 9.17) is 0 Å². The quantitative estimate of drug-likeness (QED) is 0.863. The molecule has 2 aromatic rings. The third kappa shape index (κ3) is 3.17. The van der Waals surface area contributed by atoms with Crippen LogP contribution in [-0.2, 0) is 18.4 Å². The molecule has 0 spiro atoms. The summed E-state index contributed by atoms with van der Waals surface area (Å²) in [5.41, 5.74) is 0. The Bertz CT molecular complexity index is 587. The van der Waals surface area contributed by atoms with Crippen LogP contribution in [0.15, 0.2) is 36.9 Å². The number of carbonyl (C=O) groups is 1. The Kier molecular flexibility index (Phi) is 4.08. The maximum atomic E-state index is 12.4. The first-order chi connectivity index (χ1) is 10.2. The molecule has 112 valence electrons. The number of imidazole rings is 1. The molecule has 0 radical (unpaired) electrons. The molecular formula is C16H22N4O. The summed E-state index contributed by atoms with van der Waals surface area (Å²) in [6, 6.07) is 3.98. The highest BCUT2D eigenvalue weighted by molar-refractivity contribution is 5.76. The summed E-state index contributed by atoms with van der Waals surface area (Å²) in [6.45, 7) is 2.44. The lowest BCUT2D eigenvalue weighted by molar-refractivity contribution is -0.132. The first kappa shape index (κ1) is 13.9. The summed E-state index contributed by atoms with van der Waals surface area (Å²) < 4.78 is 4.12. The molecule has 0 N–H and O–H groups in total. The van der Waals surface area contributed by atoms with Crippen molar-refractivity contribution in [1.82, 2.24) is 19.0 Å². The first-order valence-corrected chi connectivity index (χ1v) is 7.60. The zero-order valence-corrected chi connectivity index (χ0v) is 12.5. The largest absolute Gasteiger partial charge is 0.354 e. The molecule has 1 atom stereocenters. The summed E-state index contributed by atoms with van der Waals surface area (Å²) >= 11 is 0. The van der Waals surface area contributed by atoms with Gasteiger partial charge in [0.25, 0.3) is 0 Å². The summed E-state index contributed by atoms with van der Waals surface area (Å²) in [5.74, 6) is 1.72. The number of aryl methyl sites for hydroxylation is 2. The van der Waals surface area contributed by atoms with E-state index in [-0.39, 0.29) is 5.91 Å². The number of amides is 1. The molecule has 1 amide bonds. The summed E-state index contributed by atoms with van der Waals surface area (Å²) in [6.07, 6.45) is 10.6. The van der Waals surface area contributed by atoms with Gasteiger partial charge in [0.1, 0.15) is 5.82 Å². The number of likely N-dealkylation sites (tertiary alicyclic amines) is 1. The molecule has 3 rings (SSSR count). The monoisotopic (exact) mass is 286 g/mol. The van der Waals surface area contributed by atoms with Crippen molar-refractivity contribution in [2.75, 3.05) is 13.1 Å². The highest BCUT2D eigenvalue weighted by atomic mass is 16.2. The zero-order valence-electron chi connectivity index (χ0n) is 12.5. The molecule has 5 nitrogen and oxygen atoms in total. The molecule has 0 bridgehead atoms. The Morgan fingerprint density at radius 2 is 2.14 bits per heavy atom. The summed E-state index contributed by atoms with van der Waals surface area (Å²) in [4.78, 5) is 18.8. The molecule has 0 aliphatic carbocycles. The van der Waals surface area contributed by atoms with Gasteiger partial charge in [-0.05, 0) is 25.0 Å². The molecule has 1 aliphatic rings. The number of nitrogens with zero attached hydrogens (tertiary/aromatic N) is 4. The van der Waals surface area contributed by atoms with E-state index >= 15 is 0 Å². The lowest BCUT2D eigenvalue weighted by atomic mass is 9.97. The molecule has 1 aliphatic heterocycles. The maximum absolute atomic E-state index is 12.4. The fourth-order valence-electron chi connectivity index (χ4n) is 3.09. The third-order valence-electron chi connectivity index (χ3n) is 4.25. The molecule has 1 saturated heterocycles. The van der Waals surface area contributed by atoms with Crippen molar-refractivity contribution < 1.29 is 4.79 Å². The van der Waals surface area contributed by atoms with Crippen LogP contribution in [0.4, 0.5) is 0 Å². The molecule has 2 aromatic heterocycles. The Balaban J connectivity index is 1.58. The minimum absolute atomic E-state index is 0.252. The van der Waals surface area contributed by atoms with Crippen LogP contribution in [0, 0.1) is 0 Å².